The maximum atomic E-state index is 6.01. The molecule has 21 heavy (non-hydrogen) atoms. The predicted molar refractivity (Wildman–Crippen MR) is 79.7 cm³/mol. The van der Waals surface area contributed by atoms with Crippen molar-refractivity contribution >= 4 is 22.8 Å². The monoisotopic (exact) mass is 303 g/mol. The lowest BCUT2D eigenvalue weighted by atomic mass is 10.1. The molecule has 0 amide bonds. The number of hydrogen-bond donors (Lipinski definition) is 0. The fourth-order valence-electron chi connectivity index (χ4n) is 2.36. The van der Waals surface area contributed by atoms with Crippen molar-refractivity contribution < 1.29 is 4.74 Å². The highest BCUT2D eigenvalue weighted by Gasteiger charge is 2.13. The summed E-state index contributed by atoms with van der Waals surface area (Å²) >= 11 is 6.01. The van der Waals surface area contributed by atoms with Crippen LogP contribution in [-0.2, 0) is 6.54 Å². The molecule has 0 aliphatic heterocycles. The zero-order chi connectivity index (χ0) is 15.0. The summed E-state index contributed by atoms with van der Waals surface area (Å²) in [5, 5.41) is 0.352. The maximum Gasteiger partial charge on any atom is 0.165 e. The van der Waals surface area contributed by atoms with E-state index in [0.29, 0.717) is 22.9 Å². The summed E-state index contributed by atoms with van der Waals surface area (Å²) in [5.41, 5.74) is 4.22. The van der Waals surface area contributed by atoms with E-state index in [-0.39, 0.29) is 0 Å². The molecular weight excluding hydrogens is 290 g/mol. The molecule has 0 aliphatic rings. The molecule has 3 heterocycles. The molecule has 3 aromatic rings. The molecule has 0 spiro atoms. The Morgan fingerprint density at radius 3 is 2.76 bits per heavy atom. The van der Waals surface area contributed by atoms with E-state index in [1.165, 1.54) is 6.33 Å². The first kappa shape index (κ1) is 13.8. The first-order chi connectivity index (χ1) is 10.1. The van der Waals surface area contributed by atoms with Crippen molar-refractivity contribution in [2.75, 3.05) is 7.11 Å². The quantitative estimate of drug-likeness (QED) is 0.696. The van der Waals surface area contributed by atoms with Crippen molar-refractivity contribution in [1.82, 2.24) is 24.5 Å². The first-order valence-electron chi connectivity index (χ1n) is 6.42. The summed E-state index contributed by atoms with van der Waals surface area (Å²) in [4.78, 5) is 16.9. The van der Waals surface area contributed by atoms with Crippen molar-refractivity contribution in [3.05, 3.63) is 40.8 Å². The van der Waals surface area contributed by atoms with E-state index in [1.807, 2.05) is 24.6 Å². The molecule has 0 atom stereocenters. The lowest BCUT2D eigenvalue weighted by Crippen LogP contribution is -2.06. The van der Waals surface area contributed by atoms with Crippen LogP contribution >= 0.6 is 11.6 Å². The fourth-order valence-corrected chi connectivity index (χ4v) is 2.54. The number of imidazole rings is 1. The van der Waals surface area contributed by atoms with E-state index in [9.17, 15) is 0 Å². The van der Waals surface area contributed by atoms with Crippen molar-refractivity contribution in [1.29, 1.82) is 0 Å². The van der Waals surface area contributed by atoms with Gasteiger partial charge in [-0.2, -0.15) is 0 Å². The highest BCUT2D eigenvalue weighted by atomic mass is 35.5. The number of rotatable bonds is 3. The van der Waals surface area contributed by atoms with E-state index in [4.69, 9.17) is 16.3 Å². The van der Waals surface area contributed by atoms with Gasteiger partial charge in [0, 0.05) is 17.3 Å². The summed E-state index contributed by atoms with van der Waals surface area (Å²) in [5.74, 6) is 0.858. The minimum atomic E-state index is 0.352. The zero-order valence-corrected chi connectivity index (χ0v) is 12.7. The Kier molecular flexibility index (Phi) is 3.47. The minimum Gasteiger partial charge on any atom is -0.496 e. The average Bonchev–Trinajstić information content (AvgIpc) is 2.87. The lowest BCUT2D eigenvalue weighted by molar-refractivity contribution is 0.406. The average molecular weight is 304 g/mol. The largest absolute Gasteiger partial charge is 0.496 e. The molecule has 0 bridgehead atoms. The lowest BCUT2D eigenvalue weighted by Gasteiger charge is -2.12. The van der Waals surface area contributed by atoms with E-state index >= 15 is 0 Å². The van der Waals surface area contributed by atoms with Gasteiger partial charge >= 0.3 is 0 Å². The van der Waals surface area contributed by atoms with E-state index in [2.05, 4.69) is 19.9 Å². The number of ether oxygens (including phenoxy) is 1. The van der Waals surface area contributed by atoms with Crippen LogP contribution in [0, 0.1) is 13.8 Å². The third kappa shape index (κ3) is 2.31. The van der Waals surface area contributed by atoms with Crippen LogP contribution < -0.4 is 4.74 Å². The number of nitrogens with zero attached hydrogens (tertiary/aromatic N) is 5. The van der Waals surface area contributed by atoms with Crippen LogP contribution in [-0.4, -0.2) is 31.6 Å². The van der Waals surface area contributed by atoms with Gasteiger partial charge in [0.2, 0.25) is 0 Å². The Hall–Kier alpha value is -2.21. The van der Waals surface area contributed by atoms with Gasteiger partial charge in [-0.25, -0.2) is 15.0 Å². The van der Waals surface area contributed by atoms with Crippen molar-refractivity contribution in [2.45, 2.75) is 20.4 Å². The number of fused-ring (bicyclic) bond motifs is 1. The molecule has 0 saturated carbocycles. The minimum absolute atomic E-state index is 0.352. The molecular formula is C14H14ClN5O. The normalized spacial score (nSPS) is 11.0. The van der Waals surface area contributed by atoms with Gasteiger partial charge in [0.15, 0.2) is 10.8 Å². The van der Waals surface area contributed by atoms with Gasteiger partial charge in [0.25, 0.3) is 0 Å². The number of pyridine rings is 1. The topological polar surface area (TPSA) is 65.7 Å². The highest BCUT2D eigenvalue weighted by Crippen LogP contribution is 2.25. The summed E-state index contributed by atoms with van der Waals surface area (Å²) < 4.78 is 7.33. The maximum absolute atomic E-state index is 6.01. The van der Waals surface area contributed by atoms with Crippen LogP contribution in [0.15, 0.2) is 18.9 Å². The standard InChI is InChI=1S/C14H14ClN5O/c1-8-4-16-10(9(2)12(8)21-3)5-20-7-19-11-13(15)17-6-18-14(11)20/h4,6-7H,5H2,1-3H3. The Balaban J connectivity index is 2.05. The van der Waals surface area contributed by atoms with Crippen molar-refractivity contribution in [3.63, 3.8) is 0 Å². The summed E-state index contributed by atoms with van der Waals surface area (Å²) in [6.07, 6.45) is 4.93. The molecule has 0 fully saturated rings. The molecule has 0 N–H and O–H groups in total. The van der Waals surface area contributed by atoms with Crippen LogP contribution in [0.3, 0.4) is 0 Å². The van der Waals surface area contributed by atoms with Crippen LogP contribution in [0.1, 0.15) is 16.8 Å². The molecule has 6 nitrogen and oxygen atoms in total. The molecule has 0 aromatic carbocycles. The van der Waals surface area contributed by atoms with Crippen LogP contribution in [0.25, 0.3) is 11.2 Å². The second-order valence-electron chi connectivity index (χ2n) is 4.76. The molecule has 108 valence electrons. The highest BCUT2D eigenvalue weighted by molar-refractivity contribution is 6.33. The van der Waals surface area contributed by atoms with Gasteiger partial charge in [-0.1, -0.05) is 11.6 Å². The number of methoxy groups -OCH3 is 1. The van der Waals surface area contributed by atoms with Crippen LogP contribution in [0.5, 0.6) is 5.75 Å². The molecule has 7 heteroatoms. The molecule has 3 rings (SSSR count). The number of halogens is 1. The second-order valence-corrected chi connectivity index (χ2v) is 5.11. The SMILES string of the molecule is COc1c(C)cnc(Cn2cnc3c(Cl)ncnc32)c1C. The van der Waals surface area contributed by atoms with Gasteiger partial charge in [0.05, 0.1) is 25.7 Å². The third-order valence-electron chi connectivity index (χ3n) is 3.43. The van der Waals surface area contributed by atoms with Crippen LogP contribution in [0.4, 0.5) is 0 Å². The van der Waals surface area contributed by atoms with Crippen molar-refractivity contribution in [2.24, 2.45) is 0 Å². The molecule has 0 unspecified atom stereocenters. The Morgan fingerprint density at radius 1 is 1.19 bits per heavy atom. The molecule has 0 saturated heterocycles. The van der Waals surface area contributed by atoms with E-state index < -0.39 is 0 Å². The second kappa shape index (κ2) is 5.29. The molecule has 0 aliphatic carbocycles. The zero-order valence-electron chi connectivity index (χ0n) is 12.0. The summed E-state index contributed by atoms with van der Waals surface area (Å²) in [7, 11) is 1.67. The van der Waals surface area contributed by atoms with Crippen molar-refractivity contribution in [3.8, 4) is 5.75 Å². The Bertz CT molecular complexity index is 814. The van der Waals surface area contributed by atoms with Gasteiger partial charge in [-0.15, -0.1) is 0 Å². The van der Waals surface area contributed by atoms with E-state index in [0.717, 1.165) is 22.6 Å². The number of hydrogen-bond acceptors (Lipinski definition) is 5. The van der Waals surface area contributed by atoms with Gasteiger partial charge in [-0.3, -0.25) is 4.98 Å². The van der Waals surface area contributed by atoms with E-state index in [1.54, 1.807) is 13.4 Å². The summed E-state index contributed by atoms with van der Waals surface area (Å²) in [6, 6.07) is 0. The summed E-state index contributed by atoms with van der Waals surface area (Å²) in [6.45, 7) is 4.52. The Morgan fingerprint density at radius 2 is 2.00 bits per heavy atom. The molecule has 0 radical (unpaired) electrons. The smallest absolute Gasteiger partial charge is 0.165 e. The fraction of sp³-hybridized carbons (Fsp3) is 0.286. The Labute approximate surface area is 126 Å². The first-order valence-corrected chi connectivity index (χ1v) is 6.80. The predicted octanol–water partition coefficient (Wildman–Crippen LogP) is 2.55. The number of aromatic nitrogens is 5. The third-order valence-corrected chi connectivity index (χ3v) is 3.70. The molecule has 3 aromatic heterocycles. The van der Waals surface area contributed by atoms with Gasteiger partial charge in [0.1, 0.15) is 17.6 Å². The van der Waals surface area contributed by atoms with Crippen LogP contribution in [0.2, 0.25) is 5.15 Å². The van der Waals surface area contributed by atoms with Gasteiger partial charge < -0.3 is 9.30 Å². The number of aryl methyl sites for hydroxylation is 1. The van der Waals surface area contributed by atoms with Gasteiger partial charge in [-0.05, 0) is 13.8 Å².